The molecule has 4 aliphatic rings. The lowest BCUT2D eigenvalue weighted by atomic mass is 9.88. The molecule has 89 heavy (non-hydrogen) atoms. The number of Topliss-reactive ketones (excluding diaryl/α,β-unsaturated/α-hetero) is 2. The number of imidazole rings is 2. The number of fused-ring (bicyclic) bond motifs is 4. The molecule has 13 N–H and O–H groups in total. The standard InChI is InChI=1S/C51H65N15O19P2S2/c1-24(2)28(18-27(67)7-4-3-5-16-64-33(69)13-14-34(64)70)43(72)58-29(8-6-15-55-50(54)75)30(68)17-25-9-11-26(12-10-25)19-79-51(76)59-35-39-31(82-46(35)65-22-56-36-41(65)60-48(52)62-44(36)73)20-80-87(78,89)85-40-32(21-81-86(77,88)84-39)83-47(38(40)71)66-23-57-37-42(66)61-49(53)63-45(37)74/h9-14,22-24,28-29,31-32,35,38-40,46-47,71H,3-8,15-21H2,1-2H3,(H,58,72)(H,59,76)(H,77,88)(H,78,89)(H3,54,55,75)(H3,52,60,62,73)(H3,53,61,63,74)/t28-,29-,31+,32+,35?,38?,39-,40-,46+,47+,86?,87?/m0/s1. The fourth-order valence-corrected chi connectivity index (χ4v) is 13.4. The normalized spacial score (nSPS) is 26.1. The van der Waals surface area contributed by atoms with E-state index in [1.54, 1.807) is 38.1 Å². The zero-order valence-electron chi connectivity index (χ0n) is 47.6. The molecule has 0 radical (unpaired) electrons. The first-order valence-corrected chi connectivity index (χ1v) is 33.2. The molecule has 3 fully saturated rings. The number of nitrogens with zero attached hydrogens (tertiary/aromatic N) is 7. The number of unbranched alkanes of at least 4 members (excludes halogenated alkanes) is 2. The average Bonchev–Trinajstić information content (AvgIpc) is 1.90. The van der Waals surface area contributed by atoms with Crippen molar-refractivity contribution in [1.82, 2.24) is 59.9 Å². The van der Waals surface area contributed by atoms with Gasteiger partial charge in [-0.05, 0) is 54.5 Å². The summed E-state index contributed by atoms with van der Waals surface area (Å²) in [7, 11) is 0. The lowest BCUT2D eigenvalue weighted by Gasteiger charge is -2.30. The minimum absolute atomic E-state index is 0.0799. The maximum Gasteiger partial charge on any atom is 0.407 e. The largest absolute Gasteiger partial charge is 0.445 e. The van der Waals surface area contributed by atoms with Crippen LogP contribution in [-0.4, -0.2) is 164 Å². The van der Waals surface area contributed by atoms with Crippen molar-refractivity contribution in [3.05, 3.63) is 80.9 Å². The van der Waals surface area contributed by atoms with E-state index >= 15 is 0 Å². The molecule has 34 nitrogen and oxygen atoms in total. The third-order valence-electron chi connectivity index (χ3n) is 15.0. The van der Waals surface area contributed by atoms with E-state index in [1.165, 1.54) is 21.3 Å². The summed E-state index contributed by atoms with van der Waals surface area (Å²) in [6, 6.07) is 3.11. The Morgan fingerprint density at radius 1 is 0.843 bits per heavy atom. The van der Waals surface area contributed by atoms with Crippen LogP contribution in [-0.2, 0) is 85.7 Å². The third-order valence-corrected chi connectivity index (χ3v) is 18.1. The number of aromatic amines is 2. The Bertz CT molecular complexity index is 3750. The van der Waals surface area contributed by atoms with Gasteiger partial charge in [-0.3, -0.25) is 66.6 Å². The summed E-state index contributed by atoms with van der Waals surface area (Å²) in [6.07, 6.45) is -5.19. The van der Waals surface area contributed by atoms with Crippen LogP contribution in [0.1, 0.15) is 82.4 Å². The van der Waals surface area contributed by atoms with Crippen molar-refractivity contribution < 1.29 is 80.4 Å². The van der Waals surface area contributed by atoms with E-state index in [1.807, 2.05) is 0 Å². The number of nitrogens with two attached hydrogens (primary N) is 3. The Hall–Kier alpha value is -7.34. The number of benzene rings is 1. The van der Waals surface area contributed by atoms with E-state index in [0.29, 0.717) is 30.4 Å². The molecule has 4 aromatic heterocycles. The van der Waals surface area contributed by atoms with Gasteiger partial charge in [0, 0.05) is 50.4 Å². The van der Waals surface area contributed by atoms with Crippen molar-refractivity contribution >= 4 is 113 Å². The van der Waals surface area contributed by atoms with Crippen LogP contribution in [0.25, 0.3) is 22.3 Å². The minimum atomic E-state index is -4.58. The van der Waals surface area contributed by atoms with Gasteiger partial charge in [0.1, 0.15) is 49.0 Å². The highest BCUT2D eigenvalue weighted by Gasteiger charge is 2.54. The number of hydrogen-bond donors (Lipinski definition) is 11. The molecule has 6 amide bonds. The predicted molar refractivity (Wildman–Crippen MR) is 317 cm³/mol. The number of ketones is 2. The van der Waals surface area contributed by atoms with Crippen molar-refractivity contribution in [2.75, 3.05) is 37.8 Å². The number of urea groups is 1. The van der Waals surface area contributed by atoms with Gasteiger partial charge in [-0.25, -0.2) is 24.1 Å². The molecule has 1 aromatic carbocycles. The molecule has 0 bridgehead atoms. The first-order chi connectivity index (χ1) is 42.2. The molecule has 5 aromatic rings. The highest BCUT2D eigenvalue weighted by Crippen LogP contribution is 2.58. The highest BCUT2D eigenvalue weighted by molar-refractivity contribution is 8.44. The van der Waals surface area contributed by atoms with Gasteiger partial charge in [0.2, 0.25) is 17.8 Å². The number of aromatic nitrogens is 8. The van der Waals surface area contributed by atoms with E-state index < -0.39 is 117 Å². The van der Waals surface area contributed by atoms with Crippen molar-refractivity contribution in [2.24, 2.45) is 17.6 Å². The molecule has 0 saturated carbocycles. The minimum Gasteiger partial charge on any atom is -0.445 e. The Morgan fingerprint density at radius 2 is 1.44 bits per heavy atom. The van der Waals surface area contributed by atoms with E-state index in [2.05, 4.69) is 58.1 Å². The number of amides is 6. The average molecular weight is 1320 g/mol. The van der Waals surface area contributed by atoms with Crippen LogP contribution in [0.15, 0.2) is 58.7 Å². The molecular weight excluding hydrogens is 1250 g/mol. The maximum absolute atomic E-state index is 14.1. The fraction of sp³-hybridized carbons (Fsp3) is 0.510. The van der Waals surface area contributed by atoms with Crippen LogP contribution in [0, 0.1) is 11.8 Å². The smallest absolute Gasteiger partial charge is 0.407 e. The topological polar surface area (TPSA) is 486 Å². The highest BCUT2D eigenvalue weighted by atomic mass is 32.7. The number of ether oxygens (including phenoxy) is 3. The zero-order valence-corrected chi connectivity index (χ0v) is 51.1. The Morgan fingerprint density at radius 3 is 2.07 bits per heavy atom. The summed E-state index contributed by atoms with van der Waals surface area (Å²) in [6.45, 7) is -6.99. The predicted octanol–water partition coefficient (Wildman–Crippen LogP) is 0.702. The molecule has 12 atom stereocenters. The molecular formula is C51H65N15O19P2S2. The number of carbonyl (C=O) groups is 7. The van der Waals surface area contributed by atoms with Gasteiger partial charge in [-0.1, -0.05) is 56.8 Å². The molecule has 480 valence electrons. The van der Waals surface area contributed by atoms with Crippen molar-refractivity contribution in [3.63, 3.8) is 0 Å². The number of aliphatic hydroxyl groups excluding tert-OH is 1. The second kappa shape index (κ2) is 28.2. The number of nitrogens with one attached hydrogen (secondary N) is 5. The molecule has 8 heterocycles. The zero-order chi connectivity index (χ0) is 64.1. The Labute approximate surface area is 514 Å². The number of carbonyl (C=O) groups excluding carboxylic acids is 7. The van der Waals surface area contributed by atoms with Crippen LogP contribution in [0.2, 0.25) is 0 Å². The molecule has 4 unspecified atom stereocenters. The van der Waals surface area contributed by atoms with Gasteiger partial charge in [0.25, 0.3) is 22.9 Å². The van der Waals surface area contributed by atoms with Gasteiger partial charge in [0.05, 0.1) is 31.9 Å². The van der Waals surface area contributed by atoms with E-state index in [4.69, 9.17) is 61.3 Å². The van der Waals surface area contributed by atoms with Gasteiger partial charge in [-0.15, -0.1) is 0 Å². The lowest BCUT2D eigenvalue weighted by Crippen LogP contribution is -2.48. The summed E-state index contributed by atoms with van der Waals surface area (Å²) in [5.41, 5.74) is 15.9. The number of H-pyrrole nitrogens is 2. The molecule has 38 heteroatoms. The summed E-state index contributed by atoms with van der Waals surface area (Å²) < 4.78 is 57.9. The van der Waals surface area contributed by atoms with Crippen LogP contribution in [0.5, 0.6) is 0 Å². The SMILES string of the molecule is CC(C)[C@H](CC(=O)CCCCCN1C(=O)C=CC1=O)C(=O)N[C@@H](CCCNC(N)=O)C(=O)Cc1ccc(COC(=O)NC2[C@H]3OP(O)(=S)OC[C@H]4O[C@@H](n5cnc6c(=O)[nH]c(N)nc65)C(O)[C@H]4OP(=O)(S)OC[C@H]3O[C@H]2n2cnc3c(=O)[nH]c(N)nc32)cc1. The van der Waals surface area contributed by atoms with E-state index in [0.717, 1.165) is 17.6 Å². The van der Waals surface area contributed by atoms with Gasteiger partial charge >= 0.3 is 25.6 Å². The summed E-state index contributed by atoms with van der Waals surface area (Å²) in [5, 5.41) is 19.6. The van der Waals surface area contributed by atoms with Crippen molar-refractivity contribution in [2.45, 2.75) is 127 Å². The lowest BCUT2D eigenvalue weighted by molar-refractivity contribution is -0.137. The fourth-order valence-electron chi connectivity index (χ4n) is 10.5. The summed E-state index contributed by atoms with van der Waals surface area (Å²) in [5.74, 6) is -3.45. The van der Waals surface area contributed by atoms with Crippen LogP contribution < -0.4 is 44.3 Å². The first kappa shape index (κ1) is 66.1. The molecule has 4 aliphatic heterocycles. The second-order valence-corrected chi connectivity index (χ2v) is 27.3. The summed E-state index contributed by atoms with van der Waals surface area (Å²) >= 11 is 9.66. The molecule has 3 saturated heterocycles. The number of primary amides is 1. The van der Waals surface area contributed by atoms with Gasteiger partial charge < -0.3 is 66.4 Å². The van der Waals surface area contributed by atoms with Crippen LogP contribution in [0.3, 0.4) is 0 Å². The first-order valence-electron chi connectivity index (χ1n) is 27.9. The second-order valence-electron chi connectivity index (χ2n) is 21.6. The van der Waals surface area contributed by atoms with Crippen molar-refractivity contribution in [3.8, 4) is 0 Å². The van der Waals surface area contributed by atoms with Crippen LogP contribution >= 0.6 is 25.8 Å². The number of nitrogen functional groups attached to an aromatic ring is 2. The third kappa shape index (κ3) is 16.2. The Balaban J connectivity index is 0.860. The molecule has 0 spiro atoms. The summed E-state index contributed by atoms with van der Waals surface area (Å²) in [4.78, 5) is 150. The van der Waals surface area contributed by atoms with Crippen LogP contribution in [0.4, 0.5) is 21.5 Å². The van der Waals surface area contributed by atoms with Gasteiger partial charge in [-0.2, -0.15) is 9.97 Å². The van der Waals surface area contributed by atoms with Crippen molar-refractivity contribution in [1.29, 1.82) is 0 Å². The Kier molecular flexibility index (Phi) is 21.0. The van der Waals surface area contributed by atoms with E-state index in [-0.39, 0.29) is 115 Å². The maximum atomic E-state index is 14.1. The number of hydrogen-bond acceptors (Lipinski definition) is 25. The number of anilines is 2. The number of aliphatic hydroxyl groups is 1. The quantitative estimate of drug-likeness (QED) is 0.0186. The monoisotopic (exact) mass is 1320 g/mol. The number of imide groups is 1. The van der Waals surface area contributed by atoms with Gasteiger partial charge in [0.15, 0.2) is 40.6 Å². The molecule has 9 rings (SSSR count). The number of alkyl carbamates (subject to hydrolysis) is 1. The number of thiol groups is 1. The molecule has 0 aliphatic carbocycles. The number of rotatable bonds is 23. The van der Waals surface area contributed by atoms with E-state index in [9.17, 15) is 57.7 Å².